The van der Waals surface area contributed by atoms with Gasteiger partial charge in [0.25, 0.3) is 0 Å². The first kappa shape index (κ1) is 34.2. The number of aliphatic hydroxyl groups is 1. The van der Waals surface area contributed by atoms with Crippen LogP contribution >= 0.6 is 0 Å². The number of carbonyl (C=O) groups excluding carboxylic acids is 2. The van der Waals surface area contributed by atoms with Crippen LogP contribution in [-0.2, 0) is 14.3 Å². The molecule has 0 amide bonds. The molecule has 2 aromatic heterocycles. The Morgan fingerprint density at radius 1 is 0.904 bits per heavy atom. The van der Waals surface area contributed by atoms with Gasteiger partial charge >= 0.3 is 0 Å². The summed E-state index contributed by atoms with van der Waals surface area (Å²) in [6.07, 6.45) is 9.76. The number of methoxy groups -OCH3 is 2. The first-order chi connectivity index (χ1) is 24.7. The third-order valence-corrected chi connectivity index (χ3v) is 13.5. The Bertz CT molecular complexity index is 2260. The Kier molecular flexibility index (Phi) is 7.44. The van der Waals surface area contributed by atoms with Crippen molar-refractivity contribution in [2.75, 3.05) is 14.2 Å². The lowest BCUT2D eigenvalue weighted by Gasteiger charge is -2.62. The summed E-state index contributed by atoms with van der Waals surface area (Å²) < 4.78 is 28.1. The van der Waals surface area contributed by atoms with Crippen molar-refractivity contribution < 1.29 is 37.7 Å². The molecule has 0 bridgehead atoms. The molecule has 3 heterocycles. The molecule has 9 nitrogen and oxygen atoms in total. The van der Waals surface area contributed by atoms with E-state index < -0.39 is 21.8 Å². The van der Waals surface area contributed by atoms with E-state index in [0.29, 0.717) is 33.8 Å². The van der Waals surface area contributed by atoms with Gasteiger partial charge in [0, 0.05) is 28.5 Å². The molecule has 270 valence electrons. The Morgan fingerprint density at radius 2 is 1.65 bits per heavy atom. The average molecular weight is 705 g/mol. The van der Waals surface area contributed by atoms with Gasteiger partial charge in [-0.05, 0) is 99.4 Å². The van der Waals surface area contributed by atoms with Gasteiger partial charge in [0.1, 0.15) is 28.4 Å². The Morgan fingerprint density at radius 3 is 2.37 bits per heavy atom. The SMILES string of the molecule is CC1(C)C(=O)C=CC2(C)C1=C(O)C(=O)C1(C)C2CCC2(C)C(c3ccoc3)CC3OC321.COc1cccc(-c2cc(=O)c3ccc(OC)cc3o2)c1. The van der Waals surface area contributed by atoms with Crippen molar-refractivity contribution in [2.45, 2.75) is 71.5 Å². The molecule has 1 saturated heterocycles. The van der Waals surface area contributed by atoms with E-state index in [1.54, 1.807) is 44.8 Å². The smallest absolute Gasteiger partial charge is 0.206 e. The van der Waals surface area contributed by atoms with Gasteiger partial charge in [0.15, 0.2) is 17.0 Å². The van der Waals surface area contributed by atoms with E-state index in [1.807, 2.05) is 63.4 Å². The fraction of sp³-hybridized carbons (Fsp3) is 0.419. The molecular weight excluding hydrogens is 660 g/mol. The van der Waals surface area contributed by atoms with Crippen molar-refractivity contribution in [3.05, 3.63) is 106 Å². The van der Waals surface area contributed by atoms with Gasteiger partial charge in [0.2, 0.25) is 5.78 Å². The highest BCUT2D eigenvalue weighted by molar-refractivity contribution is 6.06. The number of Topliss-reactive ketones (excluding diaryl/α,β-unsaturated/α-hetero) is 1. The number of benzene rings is 2. The predicted octanol–water partition coefficient (Wildman–Crippen LogP) is 8.37. The summed E-state index contributed by atoms with van der Waals surface area (Å²) in [5.74, 6) is 1.54. The number of hydrogen-bond donors (Lipinski definition) is 1. The van der Waals surface area contributed by atoms with Crippen molar-refractivity contribution in [3.8, 4) is 22.8 Å². The maximum absolute atomic E-state index is 14.0. The first-order valence-electron chi connectivity index (χ1n) is 17.9. The normalized spacial score (nSPS) is 33.7. The van der Waals surface area contributed by atoms with E-state index in [1.165, 1.54) is 11.6 Å². The molecule has 2 saturated carbocycles. The molecule has 1 aliphatic heterocycles. The van der Waals surface area contributed by atoms with Gasteiger partial charge in [-0.15, -0.1) is 0 Å². The molecule has 9 heteroatoms. The number of fused-ring (bicyclic) bond motifs is 4. The largest absolute Gasteiger partial charge is 0.504 e. The zero-order valence-electron chi connectivity index (χ0n) is 30.6. The molecule has 9 rings (SSSR count). The topological polar surface area (TPSA) is 129 Å². The third-order valence-electron chi connectivity index (χ3n) is 13.5. The molecule has 4 aliphatic carbocycles. The van der Waals surface area contributed by atoms with Crippen molar-refractivity contribution >= 4 is 22.5 Å². The fourth-order valence-electron chi connectivity index (χ4n) is 11.0. The number of carbonyl (C=O) groups is 2. The van der Waals surface area contributed by atoms with E-state index in [-0.39, 0.29) is 46.1 Å². The summed E-state index contributed by atoms with van der Waals surface area (Å²) in [5.41, 5.74) is -0.198. The van der Waals surface area contributed by atoms with Crippen LogP contribution in [0.5, 0.6) is 11.5 Å². The van der Waals surface area contributed by atoms with E-state index >= 15 is 0 Å². The number of ketones is 2. The van der Waals surface area contributed by atoms with Crippen LogP contribution in [0.3, 0.4) is 0 Å². The Hall–Kier alpha value is -4.89. The van der Waals surface area contributed by atoms with Crippen LogP contribution in [-0.4, -0.2) is 42.6 Å². The molecule has 1 N–H and O–H groups in total. The molecule has 0 radical (unpaired) electrons. The van der Waals surface area contributed by atoms with Crippen molar-refractivity contribution in [3.63, 3.8) is 0 Å². The molecule has 4 aromatic rings. The van der Waals surface area contributed by atoms with Crippen molar-refractivity contribution in [1.82, 2.24) is 0 Å². The lowest BCUT2D eigenvalue weighted by atomic mass is 9.39. The molecule has 3 fully saturated rings. The minimum Gasteiger partial charge on any atom is -0.504 e. The van der Waals surface area contributed by atoms with Crippen LogP contribution in [0.4, 0.5) is 0 Å². The van der Waals surface area contributed by atoms with Crippen LogP contribution in [0.15, 0.2) is 104 Å². The van der Waals surface area contributed by atoms with Crippen molar-refractivity contribution in [1.29, 1.82) is 0 Å². The molecule has 52 heavy (non-hydrogen) atoms. The first-order valence-corrected chi connectivity index (χ1v) is 17.9. The van der Waals surface area contributed by atoms with Crippen LogP contribution in [0.2, 0.25) is 0 Å². The zero-order chi connectivity index (χ0) is 37.0. The highest BCUT2D eigenvalue weighted by Crippen LogP contribution is 2.81. The highest BCUT2D eigenvalue weighted by atomic mass is 16.6. The van der Waals surface area contributed by atoms with E-state index in [0.717, 1.165) is 24.8 Å². The monoisotopic (exact) mass is 704 g/mol. The summed E-state index contributed by atoms with van der Waals surface area (Å²) in [5, 5.41) is 11.9. The second-order valence-electron chi connectivity index (χ2n) is 16.1. The predicted molar refractivity (Wildman–Crippen MR) is 194 cm³/mol. The number of ether oxygens (including phenoxy) is 3. The Balaban J connectivity index is 0.000000161. The lowest BCUT2D eigenvalue weighted by molar-refractivity contribution is -0.162. The zero-order valence-corrected chi connectivity index (χ0v) is 30.6. The van der Waals surface area contributed by atoms with Crippen molar-refractivity contribution in [2.24, 2.45) is 27.6 Å². The van der Waals surface area contributed by atoms with Crippen LogP contribution in [0, 0.1) is 27.6 Å². The van der Waals surface area contributed by atoms with Gasteiger partial charge in [-0.3, -0.25) is 14.4 Å². The number of epoxide rings is 1. The number of hydrogen-bond acceptors (Lipinski definition) is 9. The summed E-state index contributed by atoms with van der Waals surface area (Å²) >= 11 is 0. The summed E-state index contributed by atoms with van der Waals surface area (Å²) in [6, 6.07) is 16.1. The maximum Gasteiger partial charge on any atom is 0.206 e. The van der Waals surface area contributed by atoms with E-state index in [9.17, 15) is 19.5 Å². The van der Waals surface area contributed by atoms with Gasteiger partial charge in [0.05, 0.1) is 49.1 Å². The minimum absolute atomic E-state index is 0.00527. The number of rotatable bonds is 4. The Labute approximate surface area is 302 Å². The minimum atomic E-state index is -0.901. The summed E-state index contributed by atoms with van der Waals surface area (Å²) in [7, 11) is 3.17. The molecule has 7 unspecified atom stereocenters. The molecule has 5 aliphatic rings. The average Bonchev–Trinajstić information content (AvgIpc) is 3.48. The quantitative estimate of drug-likeness (QED) is 0.208. The van der Waals surface area contributed by atoms with Crippen LogP contribution < -0.4 is 14.9 Å². The van der Waals surface area contributed by atoms with Gasteiger partial charge in [-0.2, -0.15) is 0 Å². The molecule has 2 aromatic carbocycles. The summed E-state index contributed by atoms with van der Waals surface area (Å²) in [4.78, 5) is 38.9. The summed E-state index contributed by atoms with van der Waals surface area (Å²) in [6.45, 7) is 10.0. The molecular formula is C43H44O9. The highest BCUT2D eigenvalue weighted by Gasteiger charge is 2.87. The maximum atomic E-state index is 14.0. The fourth-order valence-corrected chi connectivity index (χ4v) is 11.0. The van der Waals surface area contributed by atoms with E-state index in [2.05, 4.69) is 13.8 Å². The number of furan rings is 1. The molecule has 7 atom stereocenters. The second kappa shape index (κ2) is 11.3. The van der Waals surface area contributed by atoms with Gasteiger partial charge in [-0.25, -0.2) is 0 Å². The third kappa shape index (κ3) is 4.35. The van der Waals surface area contributed by atoms with Gasteiger partial charge in [-0.1, -0.05) is 32.1 Å². The lowest BCUT2D eigenvalue weighted by Crippen LogP contribution is -2.66. The molecule has 1 spiro atoms. The van der Waals surface area contributed by atoms with Crippen LogP contribution in [0.1, 0.15) is 65.4 Å². The van der Waals surface area contributed by atoms with E-state index in [4.69, 9.17) is 23.0 Å². The standard InChI is InChI=1S/C26H30O5.C17H14O4/c1-22(2)17(27)7-9-23(3)16-6-10-24(4)15(14-8-11-30-13-14)12-18-26(24,31-18)25(16,5)21(29)19(28)20(22)23;1-19-12-5-3-4-11(8-12)16-10-15(18)14-7-6-13(20-2)9-17(14)21-16/h7-9,11,13,15-16,18,28H,6,10,12H2,1-5H3;3-10H,1-2H3. The number of allylic oxidation sites excluding steroid dienone is 4. The van der Waals surface area contributed by atoms with Gasteiger partial charge < -0.3 is 28.2 Å². The number of aliphatic hydroxyl groups excluding tert-OH is 1. The van der Waals surface area contributed by atoms with Crippen LogP contribution in [0.25, 0.3) is 22.3 Å². The second-order valence-corrected chi connectivity index (χ2v) is 16.1.